The quantitative estimate of drug-likeness (QED) is 0.214. The Morgan fingerprint density at radius 1 is 1.06 bits per heavy atom. The van der Waals surface area contributed by atoms with E-state index in [0.717, 1.165) is 23.5 Å². The lowest BCUT2D eigenvalue weighted by molar-refractivity contribution is -0.990. The number of nitrogen functional groups attached to an aromatic ring is 1. The summed E-state index contributed by atoms with van der Waals surface area (Å²) in [5, 5.41) is 25.4. The number of nitrogens with two attached hydrogens (primary N) is 1. The van der Waals surface area contributed by atoms with E-state index in [1.165, 1.54) is 6.07 Å². The monoisotopic (exact) mass is 494 g/mol. The molecule has 0 saturated carbocycles. The summed E-state index contributed by atoms with van der Waals surface area (Å²) in [5.41, 5.74) is 8.01. The van der Waals surface area contributed by atoms with Crippen LogP contribution in [0, 0.1) is 5.21 Å². The lowest BCUT2D eigenvalue weighted by Crippen LogP contribution is -2.99. The third-order valence-corrected chi connectivity index (χ3v) is 5.83. The summed E-state index contributed by atoms with van der Waals surface area (Å²) >= 11 is 0. The number of amides is 1. The SMILES string of the molecule is COc1ccc(-c2nc(NCCNc3ccc([NH+]([O-])O)c(N)n3)ccc2N2CCN(C)CC2=O)cc1. The van der Waals surface area contributed by atoms with Gasteiger partial charge in [0.15, 0.2) is 5.82 Å². The molecule has 1 atom stereocenters. The number of methoxy groups -OCH3 is 1. The highest BCUT2D eigenvalue weighted by atomic mass is 16.8. The number of ether oxygens (including phenoxy) is 1. The molecule has 1 amide bonds. The molecule has 2 aromatic heterocycles. The van der Waals surface area contributed by atoms with Gasteiger partial charge in [0, 0.05) is 37.8 Å². The van der Waals surface area contributed by atoms with Crippen molar-refractivity contribution in [2.24, 2.45) is 0 Å². The summed E-state index contributed by atoms with van der Waals surface area (Å²) in [6.07, 6.45) is 0. The van der Waals surface area contributed by atoms with E-state index >= 15 is 0 Å². The predicted octanol–water partition coefficient (Wildman–Crippen LogP) is 0.940. The Balaban J connectivity index is 1.49. The minimum atomic E-state index is -1.12. The number of aromatic nitrogens is 2. The maximum atomic E-state index is 12.8. The average Bonchev–Trinajstić information content (AvgIpc) is 2.87. The minimum Gasteiger partial charge on any atom is -0.595 e. The van der Waals surface area contributed by atoms with Crippen LogP contribution in [0.4, 0.5) is 28.8 Å². The summed E-state index contributed by atoms with van der Waals surface area (Å²) in [5.74, 6) is 1.87. The predicted molar refractivity (Wildman–Crippen MR) is 137 cm³/mol. The van der Waals surface area contributed by atoms with Gasteiger partial charge in [0.05, 0.1) is 25.0 Å². The zero-order valence-corrected chi connectivity index (χ0v) is 20.2. The van der Waals surface area contributed by atoms with Gasteiger partial charge in [0.1, 0.15) is 17.4 Å². The van der Waals surface area contributed by atoms with Gasteiger partial charge in [0.2, 0.25) is 11.6 Å². The number of likely N-dealkylation sites (N-methyl/N-ethyl adjacent to an activating group) is 1. The molecule has 12 heteroatoms. The van der Waals surface area contributed by atoms with Gasteiger partial charge in [-0.3, -0.25) is 9.69 Å². The van der Waals surface area contributed by atoms with Crippen molar-refractivity contribution < 1.29 is 20.0 Å². The van der Waals surface area contributed by atoms with E-state index in [9.17, 15) is 10.0 Å². The van der Waals surface area contributed by atoms with Crippen LogP contribution in [0.5, 0.6) is 5.75 Å². The number of anilines is 4. The molecule has 12 nitrogen and oxygen atoms in total. The second-order valence-corrected chi connectivity index (χ2v) is 8.36. The average molecular weight is 495 g/mol. The van der Waals surface area contributed by atoms with Crippen LogP contribution < -0.4 is 31.2 Å². The van der Waals surface area contributed by atoms with Gasteiger partial charge in [-0.2, -0.15) is 5.23 Å². The number of nitrogens with one attached hydrogen (secondary N) is 3. The van der Waals surface area contributed by atoms with Crippen molar-refractivity contribution in [1.82, 2.24) is 14.9 Å². The van der Waals surface area contributed by atoms with E-state index in [-0.39, 0.29) is 17.4 Å². The second-order valence-electron chi connectivity index (χ2n) is 8.36. The number of rotatable bonds is 9. The molecule has 1 fully saturated rings. The Labute approximate surface area is 208 Å². The Morgan fingerprint density at radius 3 is 2.33 bits per heavy atom. The number of benzene rings is 1. The highest BCUT2D eigenvalue weighted by Gasteiger charge is 2.26. The molecule has 4 rings (SSSR count). The largest absolute Gasteiger partial charge is 0.595 e. The fraction of sp³-hybridized carbons (Fsp3) is 0.292. The normalized spacial score (nSPS) is 15.0. The first-order valence-electron chi connectivity index (χ1n) is 11.5. The number of quaternary nitrogens is 1. The highest BCUT2D eigenvalue weighted by Crippen LogP contribution is 2.32. The molecule has 190 valence electrons. The maximum absolute atomic E-state index is 12.8. The summed E-state index contributed by atoms with van der Waals surface area (Å²) in [7, 11) is 3.55. The smallest absolute Gasteiger partial charge is 0.241 e. The van der Waals surface area contributed by atoms with E-state index < -0.39 is 5.23 Å². The van der Waals surface area contributed by atoms with E-state index in [1.54, 1.807) is 18.1 Å². The number of hydrogen-bond acceptors (Lipinski definition) is 10. The third kappa shape index (κ3) is 5.80. The Bertz CT molecular complexity index is 1210. The van der Waals surface area contributed by atoms with Crippen molar-refractivity contribution in [3.63, 3.8) is 0 Å². The lowest BCUT2D eigenvalue weighted by Gasteiger charge is -2.33. The van der Waals surface area contributed by atoms with Crippen molar-refractivity contribution in [2.75, 3.05) is 68.1 Å². The van der Waals surface area contributed by atoms with Gasteiger partial charge < -0.3 is 31.2 Å². The third-order valence-electron chi connectivity index (χ3n) is 5.83. The molecule has 1 aromatic carbocycles. The Morgan fingerprint density at radius 2 is 1.72 bits per heavy atom. The van der Waals surface area contributed by atoms with Gasteiger partial charge in [-0.25, -0.2) is 15.2 Å². The van der Waals surface area contributed by atoms with Gasteiger partial charge >= 0.3 is 0 Å². The van der Waals surface area contributed by atoms with Crippen LogP contribution in [0.25, 0.3) is 11.3 Å². The molecule has 0 aliphatic carbocycles. The molecule has 0 bridgehead atoms. The summed E-state index contributed by atoms with van der Waals surface area (Å²) < 4.78 is 5.28. The standard InChI is InChI=1S/C24H30N8O4/c1-30-13-14-31(22(33)15-30)18-7-9-20(28-23(18)16-3-5-17(36-2)6-4-16)26-11-12-27-21-10-8-19(32(34)35)24(25)29-21/h3-10,32,34H,11-15H2,1-2H3,(H,26,28)(H3,25,27,29). The minimum absolute atomic E-state index is 0.0333. The first-order valence-corrected chi connectivity index (χ1v) is 11.5. The zero-order chi connectivity index (χ0) is 25.7. The number of hydrogen-bond donors (Lipinski definition) is 5. The van der Waals surface area contributed by atoms with Crippen molar-refractivity contribution >= 4 is 34.7 Å². The van der Waals surface area contributed by atoms with Crippen molar-refractivity contribution in [2.45, 2.75) is 0 Å². The van der Waals surface area contributed by atoms with E-state index in [1.807, 2.05) is 48.3 Å². The highest BCUT2D eigenvalue weighted by molar-refractivity contribution is 5.99. The fourth-order valence-electron chi connectivity index (χ4n) is 3.91. The first-order chi connectivity index (χ1) is 17.4. The molecule has 1 unspecified atom stereocenters. The van der Waals surface area contributed by atoms with Crippen LogP contribution in [0.3, 0.4) is 0 Å². The number of piperazine rings is 1. The number of carbonyl (C=O) groups excluding carboxylic acids is 1. The Kier molecular flexibility index (Phi) is 7.80. The molecule has 3 aromatic rings. The van der Waals surface area contributed by atoms with Crippen LogP contribution in [0.15, 0.2) is 48.5 Å². The summed E-state index contributed by atoms with van der Waals surface area (Å²) in [6, 6.07) is 14.3. The molecule has 36 heavy (non-hydrogen) atoms. The van der Waals surface area contributed by atoms with Gasteiger partial charge in [-0.05, 0) is 49.5 Å². The van der Waals surface area contributed by atoms with E-state index in [0.29, 0.717) is 43.5 Å². The molecule has 1 saturated heterocycles. The summed E-state index contributed by atoms with van der Waals surface area (Å²) in [4.78, 5) is 25.5. The van der Waals surface area contributed by atoms with Crippen molar-refractivity contribution in [1.29, 1.82) is 0 Å². The van der Waals surface area contributed by atoms with Gasteiger partial charge in [0.25, 0.3) is 0 Å². The molecule has 0 radical (unpaired) electrons. The van der Waals surface area contributed by atoms with Crippen LogP contribution in [-0.4, -0.2) is 72.9 Å². The van der Waals surface area contributed by atoms with Crippen LogP contribution in [-0.2, 0) is 4.79 Å². The molecule has 0 spiro atoms. The van der Waals surface area contributed by atoms with Crippen LogP contribution in [0.1, 0.15) is 0 Å². The molecule has 1 aliphatic heterocycles. The van der Waals surface area contributed by atoms with E-state index in [2.05, 4.69) is 15.6 Å². The van der Waals surface area contributed by atoms with Crippen molar-refractivity contribution in [3.05, 3.63) is 53.7 Å². The maximum Gasteiger partial charge on any atom is 0.241 e. The fourth-order valence-corrected chi connectivity index (χ4v) is 3.91. The summed E-state index contributed by atoms with van der Waals surface area (Å²) in [6.45, 7) is 2.75. The van der Waals surface area contributed by atoms with E-state index in [4.69, 9.17) is 20.7 Å². The molecular weight excluding hydrogens is 464 g/mol. The number of carbonyl (C=O) groups is 1. The lowest BCUT2D eigenvalue weighted by atomic mass is 10.1. The van der Waals surface area contributed by atoms with Gasteiger partial charge in [-0.15, -0.1) is 0 Å². The number of nitrogens with zero attached hydrogens (tertiary/aromatic N) is 4. The molecule has 1 aliphatic rings. The van der Waals surface area contributed by atoms with Crippen LogP contribution in [0.2, 0.25) is 0 Å². The van der Waals surface area contributed by atoms with Gasteiger partial charge in [-0.1, -0.05) is 0 Å². The Hall–Kier alpha value is -3.97. The number of pyridine rings is 2. The molecule has 3 heterocycles. The van der Waals surface area contributed by atoms with Crippen molar-refractivity contribution in [3.8, 4) is 17.0 Å². The topological polar surface area (TPSA) is 156 Å². The zero-order valence-electron chi connectivity index (χ0n) is 20.2. The molecular formula is C24H30N8O4. The van der Waals surface area contributed by atoms with Crippen LogP contribution >= 0.6 is 0 Å². The second kappa shape index (κ2) is 11.2. The molecule has 6 N–H and O–H groups in total. The first kappa shape index (κ1) is 25.1.